The van der Waals surface area contributed by atoms with Crippen LogP contribution in [-0.2, 0) is 4.79 Å². The third-order valence-electron chi connectivity index (χ3n) is 3.93. The summed E-state index contributed by atoms with van der Waals surface area (Å²) < 4.78 is 12.9. The number of H-pyrrole nitrogens is 1. The minimum Gasteiger partial charge on any atom is -0.353 e. The summed E-state index contributed by atoms with van der Waals surface area (Å²) in [5.41, 5.74) is 3.23. The Kier molecular flexibility index (Phi) is 3.74. The number of rotatable bonds is 3. The monoisotopic (exact) mass is 331 g/mol. The number of nitrogens with one attached hydrogen (secondary N) is 2. The van der Waals surface area contributed by atoms with E-state index in [0.717, 1.165) is 21.8 Å². The second kappa shape index (κ2) is 6.20. The Bertz CT molecular complexity index is 1100. The zero-order valence-electron chi connectivity index (χ0n) is 13.2. The van der Waals surface area contributed by atoms with Crippen LogP contribution < -0.4 is 5.32 Å². The molecule has 1 amide bonds. The number of nitrogens with zero attached hydrogens (tertiary/aromatic N) is 1. The second-order valence-electron chi connectivity index (χ2n) is 5.65. The van der Waals surface area contributed by atoms with E-state index in [0.29, 0.717) is 11.4 Å². The van der Waals surface area contributed by atoms with Crippen molar-refractivity contribution in [3.63, 3.8) is 0 Å². The highest BCUT2D eigenvalue weighted by atomic mass is 19.1. The number of aromatic nitrogens is 2. The lowest BCUT2D eigenvalue weighted by molar-refractivity contribution is -0.111. The van der Waals surface area contributed by atoms with E-state index in [1.807, 2.05) is 30.3 Å². The molecule has 2 heterocycles. The van der Waals surface area contributed by atoms with E-state index in [2.05, 4.69) is 15.3 Å². The molecule has 4 aromatic rings. The molecular weight excluding hydrogens is 317 g/mol. The highest BCUT2D eigenvalue weighted by molar-refractivity contribution is 6.07. The number of fused-ring (bicyclic) bond motifs is 3. The van der Waals surface area contributed by atoms with Crippen molar-refractivity contribution in [2.75, 3.05) is 5.32 Å². The standard InChI is InChI=1S/C20H14FN3O/c21-13-5-7-14(8-6-13)23-20(25)10-9-15-11-17-16-3-1-2-4-18(16)24-19(17)12-22-15/h1-12,24H,(H,23,25)/b10-9+. The molecule has 0 aliphatic heterocycles. The Morgan fingerprint density at radius 3 is 2.68 bits per heavy atom. The summed E-state index contributed by atoms with van der Waals surface area (Å²) in [7, 11) is 0. The fourth-order valence-electron chi connectivity index (χ4n) is 2.74. The van der Waals surface area contributed by atoms with Crippen LogP contribution in [-0.4, -0.2) is 15.9 Å². The fraction of sp³-hybridized carbons (Fsp3) is 0. The van der Waals surface area contributed by atoms with Crippen LogP contribution in [0.25, 0.3) is 27.9 Å². The Balaban J connectivity index is 1.57. The number of anilines is 1. The van der Waals surface area contributed by atoms with Gasteiger partial charge in [-0.05, 0) is 42.5 Å². The molecule has 4 rings (SSSR count). The number of carbonyl (C=O) groups excluding carboxylic acids is 1. The molecule has 2 aromatic heterocycles. The number of aromatic amines is 1. The minimum absolute atomic E-state index is 0.299. The topological polar surface area (TPSA) is 57.8 Å². The van der Waals surface area contributed by atoms with Crippen molar-refractivity contribution in [3.8, 4) is 0 Å². The van der Waals surface area contributed by atoms with E-state index >= 15 is 0 Å². The van der Waals surface area contributed by atoms with Gasteiger partial charge >= 0.3 is 0 Å². The maximum absolute atomic E-state index is 12.9. The van der Waals surface area contributed by atoms with Crippen LogP contribution in [0.15, 0.2) is 66.9 Å². The summed E-state index contributed by atoms with van der Waals surface area (Å²) in [6, 6.07) is 15.6. The third kappa shape index (κ3) is 3.12. The SMILES string of the molecule is O=C(/C=C/c1cc2c(cn1)[nH]c1ccccc12)Nc1ccc(F)cc1. The molecule has 4 nitrogen and oxygen atoms in total. The first-order chi connectivity index (χ1) is 12.2. The van der Waals surface area contributed by atoms with Gasteiger partial charge in [0.2, 0.25) is 5.91 Å². The van der Waals surface area contributed by atoms with E-state index in [1.54, 1.807) is 12.3 Å². The van der Waals surface area contributed by atoms with Crippen molar-refractivity contribution in [3.05, 3.63) is 78.4 Å². The van der Waals surface area contributed by atoms with Crippen molar-refractivity contribution >= 4 is 39.5 Å². The van der Waals surface area contributed by atoms with Gasteiger partial charge in [-0.1, -0.05) is 18.2 Å². The summed E-state index contributed by atoms with van der Waals surface area (Å²) in [5, 5.41) is 4.85. The van der Waals surface area contributed by atoms with Crippen LogP contribution >= 0.6 is 0 Å². The largest absolute Gasteiger partial charge is 0.353 e. The average molecular weight is 331 g/mol. The van der Waals surface area contributed by atoms with Crippen molar-refractivity contribution in [2.24, 2.45) is 0 Å². The lowest BCUT2D eigenvalue weighted by Gasteiger charge is -2.01. The van der Waals surface area contributed by atoms with Crippen LogP contribution in [0.1, 0.15) is 5.69 Å². The molecule has 122 valence electrons. The normalized spacial score (nSPS) is 11.4. The van der Waals surface area contributed by atoms with Crippen molar-refractivity contribution < 1.29 is 9.18 Å². The van der Waals surface area contributed by atoms with Gasteiger partial charge in [-0.25, -0.2) is 4.39 Å². The summed E-state index contributed by atoms with van der Waals surface area (Å²) in [6.45, 7) is 0. The molecule has 0 bridgehead atoms. The molecule has 2 aromatic carbocycles. The van der Waals surface area contributed by atoms with E-state index in [4.69, 9.17) is 0 Å². The van der Waals surface area contributed by atoms with Crippen LogP contribution in [0.3, 0.4) is 0 Å². The first kappa shape index (κ1) is 15.1. The van der Waals surface area contributed by atoms with Crippen LogP contribution in [0.4, 0.5) is 10.1 Å². The molecule has 0 atom stereocenters. The van der Waals surface area contributed by atoms with Crippen molar-refractivity contribution in [1.29, 1.82) is 0 Å². The zero-order chi connectivity index (χ0) is 17.2. The Morgan fingerprint density at radius 2 is 1.84 bits per heavy atom. The molecule has 0 saturated heterocycles. The third-order valence-corrected chi connectivity index (χ3v) is 3.93. The number of para-hydroxylation sites is 1. The Hall–Kier alpha value is -3.47. The quantitative estimate of drug-likeness (QED) is 0.543. The molecule has 0 aliphatic rings. The van der Waals surface area contributed by atoms with Gasteiger partial charge in [0, 0.05) is 28.1 Å². The number of amides is 1. The maximum Gasteiger partial charge on any atom is 0.248 e. The molecule has 0 radical (unpaired) electrons. The number of halogens is 1. The predicted octanol–water partition coefficient (Wildman–Crippen LogP) is 4.51. The Morgan fingerprint density at radius 1 is 1.04 bits per heavy atom. The van der Waals surface area contributed by atoms with Gasteiger partial charge in [0.25, 0.3) is 0 Å². The number of hydrogen-bond acceptors (Lipinski definition) is 2. The Labute approximate surface area is 143 Å². The fourth-order valence-corrected chi connectivity index (χ4v) is 2.74. The van der Waals surface area contributed by atoms with E-state index in [9.17, 15) is 9.18 Å². The number of hydrogen-bond donors (Lipinski definition) is 2. The zero-order valence-corrected chi connectivity index (χ0v) is 13.2. The highest BCUT2D eigenvalue weighted by Gasteiger charge is 2.05. The van der Waals surface area contributed by atoms with E-state index in [-0.39, 0.29) is 11.7 Å². The average Bonchev–Trinajstić information content (AvgIpc) is 3.00. The number of benzene rings is 2. The lowest BCUT2D eigenvalue weighted by atomic mass is 10.1. The van der Waals surface area contributed by atoms with E-state index in [1.165, 1.54) is 30.3 Å². The molecular formula is C20H14FN3O. The number of pyridine rings is 1. The first-order valence-electron chi connectivity index (χ1n) is 7.80. The predicted molar refractivity (Wildman–Crippen MR) is 97.7 cm³/mol. The van der Waals surface area contributed by atoms with Crippen LogP contribution in [0.2, 0.25) is 0 Å². The first-order valence-corrected chi connectivity index (χ1v) is 7.80. The maximum atomic E-state index is 12.9. The summed E-state index contributed by atoms with van der Waals surface area (Å²) in [4.78, 5) is 19.6. The summed E-state index contributed by atoms with van der Waals surface area (Å²) >= 11 is 0. The van der Waals surface area contributed by atoms with Gasteiger partial charge in [-0.2, -0.15) is 0 Å². The minimum atomic E-state index is -0.343. The van der Waals surface area contributed by atoms with Crippen LogP contribution in [0.5, 0.6) is 0 Å². The van der Waals surface area contributed by atoms with Crippen LogP contribution in [0, 0.1) is 5.82 Å². The molecule has 0 fully saturated rings. The number of carbonyl (C=O) groups is 1. The van der Waals surface area contributed by atoms with E-state index < -0.39 is 0 Å². The van der Waals surface area contributed by atoms with Gasteiger partial charge in [0.1, 0.15) is 5.82 Å². The van der Waals surface area contributed by atoms with Gasteiger partial charge in [0.15, 0.2) is 0 Å². The molecule has 2 N–H and O–H groups in total. The van der Waals surface area contributed by atoms with Gasteiger partial charge in [0.05, 0.1) is 17.4 Å². The second-order valence-corrected chi connectivity index (χ2v) is 5.65. The van der Waals surface area contributed by atoms with Gasteiger partial charge in [-0.3, -0.25) is 9.78 Å². The molecule has 0 unspecified atom stereocenters. The molecule has 0 spiro atoms. The molecule has 0 saturated carbocycles. The smallest absolute Gasteiger partial charge is 0.248 e. The summed E-state index contributed by atoms with van der Waals surface area (Å²) in [5.74, 6) is -0.641. The van der Waals surface area contributed by atoms with Crippen molar-refractivity contribution in [1.82, 2.24) is 9.97 Å². The van der Waals surface area contributed by atoms with Gasteiger partial charge < -0.3 is 10.3 Å². The lowest BCUT2D eigenvalue weighted by Crippen LogP contribution is -2.07. The summed E-state index contributed by atoms with van der Waals surface area (Å²) in [6.07, 6.45) is 4.82. The van der Waals surface area contributed by atoms with Gasteiger partial charge in [-0.15, -0.1) is 0 Å². The highest BCUT2D eigenvalue weighted by Crippen LogP contribution is 2.25. The van der Waals surface area contributed by atoms with Crippen molar-refractivity contribution in [2.45, 2.75) is 0 Å². The molecule has 0 aliphatic carbocycles. The molecule has 5 heteroatoms. The molecule has 25 heavy (non-hydrogen) atoms.